The second-order valence-electron chi connectivity index (χ2n) is 0.559. The Kier molecular flexibility index (Phi) is 5.30. The lowest BCUT2D eigenvalue weighted by molar-refractivity contribution is 0.303. The van der Waals surface area contributed by atoms with Crippen molar-refractivity contribution in [2.24, 2.45) is 4.99 Å². The van der Waals surface area contributed by atoms with E-state index in [2.05, 4.69) is 13.5 Å². The van der Waals surface area contributed by atoms with Crippen molar-refractivity contribution in [3.8, 4) is 0 Å². The van der Waals surface area contributed by atoms with Crippen LogP contribution in [0.15, 0.2) is 4.99 Å². The summed E-state index contributed by atoms with van der Waals surface area (Å²) in [6.45, 7) is 0. The second kappa shape index (κ2) is 5.16. The van der Waals surface area contributed by atoms with Gasteiger partial charge >= 0.3 is 0 Å². The van der Waals surface area contributed by atoms with Crippen molar-refractivity contribution >= 4 is 29.3 Å². The molecular weight excluding hydrogens is 195 g/mol. The van der Waals surface area contributed by atoms with E-state index in [1.165, 1.54) is 6.40 Å². The molecular formula is C2H5IN2O. The number of hydrogen-bond acceptors (Lipinski definition) is 3. The van der Waals surface area contributed by atoms with E-state index in [1.807, 2.05) is 22.9 Å². The molecule has 3 nitrogen and oxygen atoms in total. The van der Waals surface area contributed by atoms with Crippen LogP contribution in [-0.4, -0.2) is 13.4 Å². The molecule has 36 valence electrons. The minimum absolute atomic E-state index is 1.31. The van der Waals surface area contributed by atoms with Crippen molar-refractivity contribution in [3.63, 3.8) is 0 Å². The molecule has 0 unspecified atom stereocenters. The van der Waals surface area contributed by atoms with Gasteiger partial charge in [-0.15, -0.1) is 0 Å². The van der Waals surface area contributed by atoms with Crippen LogP contribution in [0.1, 0.15) is 0 Å². The quantitative estimate of drug-likeness (QED) is 0.231. The Morgan fingerprint density at radius 2 is 2.67 bits per heavy atom. The maximum Gasteiger partial charge on any atom is 0.197 e. The molecule has 0 saturated heterocycles. The molecule has 0 heterocycles. The number of nitrogens with zero attached hydrogens (tertiary/aromatic N) is 1. The van der Waals surface area contributed by atoms with Gasteiger partial charge < -0.3 is 4.84 Å². The third-order valence-corrected chi connectivity index (χ3v) is 0.457. The van der Waals surface area contributed by atoms with Gasteiger partial charge in [0.1, 0.15) is 0 Å². The van der Waals surface area contributed by atoms with Crippen LogP contribution in [0.5, 0.6) is 0 Å². The summed E-state index contributed by atoms with van der Waals surface area (Å²) in [5.41, 5.74) is 0. The number of aliphatic imine (C=N–C) groups is 1. The Balaban J connectivity index is 2.66. The van der Waals surface area contributed by atoms with Crippen LogP contribution < -0.4 is 3.69 Å². The standard InChI is InChI=1S/C2H5IN2O/c1-4-2-6-5-3/h2,5H,1H3/b4-2-. The number of halogens is 1. The monoisotopic (exact) mass is 200 g/mol. The molecule has 1 N–H and O–H groups in total. The van der Waals surface area contributed by atoms with E-state index in [9.17, 15) is 0 Å². The van der Waals surface area contributed by atoms with E-state index < -0.39 is 0 Å². The fraction of sp³-hybridized carbons (Fsp3) is 0.500. The normalized spacial score (nSPS) is 9.67. The van der Waals surface area contributed by atoms with Gasteiger partial charge in [-0.25, -0.2) is 0 Å². The van der Waals surface area contributed by atoms with Crippen LogP contribution in [0, 0.1) is 0 Å². The molecule has 0 atom stereocenters. The molecule has 6 heavy (non-hydrogen) atoms. The Bertz CT molecular complexity index is 46.8. The van der Waals surface area contributed by atoms with Gasteiger partial charge in [0.2, 0.25) is 0 Å². The zero-order chi connectivity index (χ0) is 4.83. The number of hydrogen-bond donors (Lipinski definition) is 1. The summed E-state index contributed by atoms with van der Waals surface area (Å²) >= 11 is 1.85. The summed E-state index contributed by atoms with van der Waals surface area (Å²) in [6.07, 6.45) is 1.31. The Hall–Kier alpha value is 0.160. The number of nitrogens with one attached hydrogen (secondary N) is 1. The van der Waals surface area contributed by atoms with Gasteiger partial charge in [0.15, 0.2) is 6.40 Å². The maximum absolute atomic E-state index is 4.43. The fourth-order valence-electron chi connectivity index (χ4n) is 0.0726. The fourth-order valence-corrected chi connectivity index (χ4v) is 0.186. The highest BCUT2D eigenvalue weighted by Gasteiger charge is 1.60. The van der Waals surface area contributed by atoms with Gasteiger partial charge in [-0.2, -0.15) is 0 Å². The Morgan fingerprint density at radius 3 is 2.83 bits per heavy atom. The predicted octanol–water partition coefficient (Wildman–Crippen LogP) is 0.516. The molecule has 0 aliphatic rings. The molecule has 0 aromatic heterocycles. The van der Waals surface area contributed by atoms with Crippen LogP contribution >= 0.6 is 22.9 Å². The lowest BCUT2D eigenvalue weighted by Crippen LogP contribution is -1.94. The first-order valence-corrected chi connectivity index (χ1v) is 2.41. The summed E-state index contributed by atoms with van der Waals surface area (Å²) in [5.74, 6) is 0. The van der Waals surface area contributed by atoms with Gasteiger partial charge in [0.05, 0.1) is 22.9 Å². The SMILES string of the molecule is C/N=C\ONI. The van der Waals surface area contributed by atoms with E-state index in [1.54, 1.807) is 7.05 Å². The van der Waals surface area contributed by atoms with Gasteiger partial charge in [-0.05, 0) is 0 Å². The third kappa shape index (κ3) is 4.16. The predicted molar refractivity (Wildman–Crippen MR) is 32.7 cm³/mol. The lowest BCUT2D eigenvalue weighted by Gasteiger charge is -1.84. The average Bonchev–Trinajstić information content (AvgIpc) is 1.61. The van der Waals surface area contributed by atoms with Crippen LogP contribution in [0.3, 0.4) is 0 Å². The zero-order valence-electron chi connectivity index (χ0n) is 3.31. The topological polar surface area (TPSA) is 33.6 Å². The van der Waals surface area contributed by atoms with E-state index in [4.69, 9.17) is 0 Å². The minimum Gasteiger partial charge on any atom is -0.387 e. The first-order valence-electron chi connectivity index (χ1n) is 1.33. The molecule has 0 aromatic rings. The van der Waals surface area contributed by atoms with Crippen LogP contribution in [0.4, 0.5) is 0 Å². The van der Waals surface area contributed by atoms with Crippen LogP contribution in [0.25, 0.3) is 0 Å². The first-order chi connectivity index (χ1) is 2.91. The van der Waals surface area contributed by atoms with Crippen molar-refractivity contribution in [1.29, 1.82) is 0 Å². The van der Waals surface area contributed by atoms with Crippen LogP contribution in [0.2, 0.25) is 0 Å². The highest BCUT2D eigenvalue weighted by Crippen LogP contribution is 1.64. The van der Waals surface area contributed by atoms with Gasteiger partial charge in [0.25, 0.3) is 0 Å². The smallest absolute Gasteiger partial charge is 0.197 e. The molecule has 0 bridgehead atoms. The molecule has 0 fully saturated rings. The lowest BCUT2D eigenvalue weighted by atomic mass is 11.3. The summed E-state index contributed by atoms with van der Waals surface area (Å²) in [6, 6.07) is 0. The van der Waals surface area contributed by atoms with Gasteiger partial charge in [-0.1, -0.05) is 3.69 Å². The Labute approximate surface area is 50.2 Å². The molecule has 0 aromatic carbocycles. The third-order valence-electron chi connectivity index (χ3n) is 0.203. The first kappa shape index (κ1) is 6.16. The van der Waals surface area contributed by atoms with Crippen molar-refractivity contribution in [2.45, 2.75) is 0 Å². The molecule has 0 spiro atoms. The molecule has 0 radical (unpaired) electrons. The van der Waals surface area contributed by atoms with Gasteiger partial charge in [-0.3, -0.25) is 4.99 Å². The average molecular weight is 200 g/mol. The Morgan fingerprint density at radius 1 is 2.00 bits per heavy atom. The van der Waals surface area contributed by atoms with E-state index in [0.29, 0.717) is 0 Å². The molecule has 0 amide bonds. The van der Waals surface area contributed by atoms with E-state index >= 15 is 0 Å². The highest BCUT2D eigenvalue weighted by atomic mass is 127. The molecule has 0 saturated carbocycles. The van der Waals surface area contributed by atoms with Gasteiger partial charge in [0, 0.05) is 7.05 Å². The van der Waals surface area contributed by atoms with E-state index in [-0.39, 0.29) is 0 Å². The maximum atomic E-state index is 4.43. The van der Waals surface area contributed by atoms with Crippen molar-refractivity contribution in [3.05, 3.63) is 0 Å². The summed E-state index contributed by atoms with van der Waals surface area (Å²) in [7, 11) is 1.63. The van der Waals surface area contributed by atoms with Crippen molar-refractivity contribution in [2.75, 3.05) is 7.05 Å². The molecule has 0 rings (SSSR count). The second-order valence-corrected chi connectivity index (χ2v) is 0.999. The van der Waals surface area contributed by atoms with Crippen molar-refractivity contribution < 1.29 is 4.84 Å². The summed E-state index contributed by atoms with van der Waals surface area (Å²) < 4.78 is 2.39. The minimum atomic E-state index is 1.31. The molecule has 0 aliphatic carbocycles. The zero-order valence-corrected chi connectivity index (χ0v) is 5.47. The summed E-state index contributed by atoms with van der Waals surface area (Å²) in [4.78, 5) is 7.94. The van der Waals surface area contributed by atoms with E-state index in [0.717, 1.165) is 0 Å². The summed E-state index contributed by atoms with van der Waals surface area (Å²) in [5, 5.41) is 0. The van der Waals surface area contributed by atoms with Crippen LogP contribution in [-0.2, 0) is 4.84 Å². The van der Waals surface area contributed by atoms with Crippen molar-refractivity contribution in [1.82, 2.24) is 3.69 Å². The molecule has 4 heteroatoms. The largest absolute Gasteiger partial charge is 0.387 e. The highest BCUT2D eigenvalue weighted by molar-refractivity contribution is 14.1. The molecule has 0 aliphatic heterocycles. The number of rotatable bonds is 2.